The van der Waals surface area contributed by atoms with Gasteiger partial charge in [-0.15, -0.1) is 0 Å². The van der Waals surface area contributed by atoms with Gasteiger partial charge in [0, 0.05) is 36.3 Å². The monoisotopic (exact) mass is 410 g/mol. The van der Waals surface area contributed by atoms with Crippen LogP contribution in [0.4, 0.5) is 18.9 Å². The minimum Gasteiger partial charge on any atom is -0.550 e. The second kappa shape index (κ2) is 9.31. The molecule has 0 aromatic heterocycles. The fourth-order valence-corrected chi connectivity index (χ4v) is 2.77. The van der Waals surface area contributed by atoms with Gasteiger partial charge in [0.1, 0.15) is 11.5 Å². The lowest BCUT2D eigenvalue weighted by Crippen LogP contribution is -2.26. The number of anilines is 1. The number of hydrogen-bond acceptors (Lipinski definition) is 5. The number of hydrogen-bond donors (Lipinski definition) is 1. The van der Waals surface area contributed by atoms with Gasteiger partial charge >= 0.3 is 6.18 Å². The summed E-state index contributed by atoms with van der Waals surface area (Å²) in [5.41, 5.74) is -0.201. The van der Waals surface area contributed by atoms with E-state index >= 15 is 0 Å². The van der Waals surface area contributed by atoms with Gasteiger partial charge in [-0.2, -0.15) is 13.2 Å². The Kier molecular flexibility index (Phi) is 7.08. The molecule has 0 aliphatic heterocycles. The molecule has 0 heterocycles. The molecule has 6 nitrogen and oxygen atoms in total. The summed E-state index contributed by atoms with van der Waals surface area (Å²) in [4.78, 5) is 23.5. The molecule has 0 aliphatic rings. The van der Waals surface area contributed by atoms with Crippen molar-refractivity contribution in [3.05, 3.63) is 53.6 Å². The van der Waals surface area contributed by atoms with Gasteiger partial charge < -0.3 is 24.7 Å². The van der Waals surface area contributed by atoms with E-state index < -0.39 is 36.0 Å². The van der Waals surface area contributed by atoms with Gasteiger partial charge in [-0.25, -0.2) is 0 Å². The Morgan fingerprint density at radius 2 is 1.55 bits per heavy atom. The summed E-state index contributed by atoms with van der Waals surface area (Å²) in [6.07, 6.45) is -5.29. The summed E-state index contributed by atoms with van der Waals surface area (Å²) in [6.45, 7) is 0. The van der Waals surface area contributed by atoms with E-state index in [4.69, 9.17) is 9.47 Å². The zero-order valence-corrected chi connectivity index (χ0v) is 15.7. The molecule has 0 saturated carbocycles. The number of rotatable bonds is 8. The summed E-state index contributed by atoms with van der Waals surface area (Å²) >= 11 is 0. The normalized spacial score (nSPS) is 12.2. The number of carbonyl (C=O) groups excluding carboxylic acids is 2. The molecule has 0 radical (unpaired) electrons. The van der Waals surface area contributed by atoms with Crippen LogP contribution in [0.1, 0.15) is 29.9 Å². The summed E-state index contributed by atoms with van der Waals surface area (Å²) < 4.78 is 48.4. The molecule has 0 unspecified atom stereocenters. The minimum absolute atomic E-state index is 0.265. The second-order valence-corrected chi connectivity index (χ2v) is 6.25. The number of benzene rings is 2. The van der Waals surface area contributed by atoms with E-state index in [0.29, 0.717) is 22.7 Å². The molecule has 1 amide bonds. The topological polar surface area (TPSA) is 87.7 Å². The average Bonchev–Trinajstić information content (AvgIpc) is 2.66. The minimum atomic E-state index is -4.51. The van der Waals surface area contributed by atoms with Gasteiger partial charge in [-0.1, -0.05) is 12.1 Å². The second-order valence-electron chi connectivity index (χ2n) is 6.25. The first-order valence-electron chi connectivity index (χ1n) is 8.52. The summed E-state index contributed by atoms with van der Waals surface area (Å²) in [7, 11) is 2.89. The van der Waals surface area contributed by atoms with Crippen molar-refractivity contribution >= 4 is 17.6 Å². The van der Waals surface area contributed by atoms with Crippen molar-refractivity contribution < 1.29 is 37.3 Å². The van der Waals surface area contributed by atoms with E-state index in [1.54, 1.807) is 18.2 Å². The fraction of sp³-hybridized carbons (Fsp3) is 0.300. The maximum absolute atomic E-state index is 12.7. The zero-order valence-electron chi connectivity index (χ0n) is 15.7. The Bertz CT molecular complexity index is 843. The van der Waals surface area contributed by atoms with E-state index in [0.717, 1.165) is 24.3 Å². The van der Waals surface area contributed by atoms with Gasteiger partial charge in [0.25, 0.3) is 0 Å². The van der Waals surface area contributed by atoms with Crippen LogP contribution in [-0.2, 0) is 15.8 Å². The summed E-state index contributed by atoms with van der Waals surface area (Å²) in [5, 5.41) is 13.7. The van der Waals surface area contributed by atoms with Crippen LogP contribution in [0.2, 0.25) is 0 Å². The molecular weight excluding hydrogens is 391 g/mol. The van der Waals surface area contributed by atoms with Crippen molar-refractivity contribution in [2.45, 2.75) is 24.9 Å². The van der Waals surface area contributed by atoms with Crippen LogP contribution in [0.15, 0.2) is 42.5 Å². The molecule has 0 bridgehead atoms. The molecule has 2 rings (SSSR count). The van der Waals surface area contributed by atoms with E-state index in [2.05, 4.69) is 5.32 Å². The molecule has 2 aromatic carbocycles. The number of carbonyl (C=O) groups is 2. The van der Waals surface area contributed by atoms with Crippen LogP contribution >= 0.6 is 0 Å². The van der Waals surface area contributed by atoms with Crippen molar-refractivity contribution in [2.24, 2.45) is 0 Å². The lowest BCUT2D eigenvalue weighted by Gasteiger charge is -2.19. The number of aliphatic carboxylic acids is 1. The summed E-state index contributed by atoms with van der Waals surface area (Å²) in [5.74, 6) is -1.91. The maximum Gasteiger partial charge on any atom is 0.416 e. The predicted molar refractivity (Wildman–Crippen MR) is 96.6 cm³/mol. The number of amides is 1. The molecule has 0 spiro atoms. The number of alkyl halides is 3. The van der Waals surface area contributed by atoms with E-state index in [-0.39, 0.29) is 6.42 Å². The van der Waals surface area contributed by atoms with E-state index in [9.17, 15) is 27.9 Å². The van der Waals surface area contributed by atoms with Crippen molar-refractivity contribution in [3.63, 3.8) is 0 Å². The highest BCUT2D eigenvalue weighted by atomic mass is 19.4. The third kappa shape index (κ3) is 6.41. The molecule has 29 heavy (non-hydrogen) atoms. The van der Waals surface area contributed by atoms with E-state index in [1.807, 2.05) is 0 Å². The highest BCUT2D eigenvalue weighted by molar-refractivity contribution is 5.92. The molecule has 1 atom stereocenters. The fourth-order valence-electron chi connectivity index (χ4n) is 2.77. The van der Waals surface area contributed by atoms with Crippen LogP contribution < -0.4 is 19.9 Å². The van der Waals surface area contributed by atoms with Crippen molar-refractivity contribution in [1.29, 1.82) is 0 Å². The molecule has 0 saturated heterocycles. The van der Waals surface area contributed by atoms with Gasteiger partial charge in [-0.3, -0.25) is 4.79 Å². The van der Waals surface area contributed by atoms with Crippen molar-refractivity contribution in [2.75, 3.05) is 19.5 Å². The molecule has 0 aliphatic carbocycles. The quantitative estimate of drug-likeness (QED) is 0.723. The number of carboxylic acids is 1. The first-order chi connectivity index (χ1) is 13.6. The largest absolute Gasteiger partial charge is 0.550 e. The SMILES string of the molecule is COc1cc(NC(=O)C[C@@H](CC(=O)[O-])c2ccc(C(F)(F)F)cc2)cc(OC)c1. The maximum atomic E-state index is 12.7. The highest BCUT2D eigenvalue weighted by Gasteiger charge is 2.30. The van der Waals surface area contributed by atoms with Gasteiger partial charge in [-0.05, 0) is 30.0 Å². The average molecular weight is 410 g/mol. The number of methoxy groups -OCH3 is 2. The molecule has 9 heteroatoms. The van der Waals surface area contributed by atoms with Crippen LogP contribution in [0.25, 0.3) is 0 Å². The zero-order chi connectivity index (χ0) is 21.6. The molecule has 0 fully saturated rings. The van der Waals surface area contributed by atoms with Crippen LogP contribution in [-0.4, -0.2) is 26.1 Å². The molecule has 2 aromatic rings. The molecule has 1 N–H and O–H groups in total. The lowest BCUT2D eigenvalue weighted by molar-refractivity contribution is -0.306. The Morgan fingerprint density at radius 3 is 2.00 bits per heavy atom. The first kappa shape index (κ1) is 22.1. The Hall–Kier alpha value is -3.23. The number of carboxylic acid groups (broad SMARTS) is 1. The van der Waals surface area contributed by atoms with Crippen LogP contribution in [0.3, 0.4) is 0 Å². The Morgan fingerprint density at radius 1 is 1.00 bits per heavy atom. The van der Waals surface area contributed by atoms with Crippen LogP contribution in [0, 0.1) is 0 Å². The van der Waals surface area contributed by atoms with E-state index in [1.165, 1.54) is 14.2 Å². The Labute approximate surface area is 165 Å². The van der Waals surface area contributed by atoms with Crippen molar-refractivity contribution in [3.8, 4) is 11.5 Å². The third-order valence-corrected chi connectivity index (χ3v) is 4.19. The lowest BCUT2D eigenvalue weighted by atomic mass is 9.91. The van der Waals surface area contributed by atoms with Gasteiger partial charge in [0.15, 0.2) is 0 Å². The summed E-state index contributed by atoms with van der Waals surface area (Å²) in [6, 6.07) is 8.73. The molecular formula is C20H19F3NO5-. The smallest absolute Gasteiger partial charge is 0.416 e. The molecule has 156 valence electrons. The van der Waals surface area contributed by atoms with Gasteiger partial charge in [0.05, 0.1) is 19.8 Å². The number of halogens is 3. The Balaban J connectivity index is 2.17. The number of nitrogens with one attached hydrogen (secondary N) is 1. The standard InChI is InChI=1S/C20H20F3NO5/c1-28-16-9-15(10-17(11-16)29-2)24-18(25)7-13(8-19(26)27)12-3-5-14(6-4-12)20(21,22)23/h3-6,9-11,13H,7-8H2,1-2H3,(H,24,25)(H,26,27)/p-1/t13-/m0/s1. The highest BCUT2D eigenvalue weighted by Crippen LogP contribution is 2.32. The third-order valence-electron chi connectivity index (χ3n) is 4.19. The van der Waals surface area contributed by atoms with Crippen LogP contribution in [0.5, 0.6) is 11.5 Å². The first-order valence-corrected chi connectivity index (χ1v) is 8.52. The number of ether oxygens (including phenoxy) is 2. The van der Waals surface area contributed by atoms with Gasteiger partial charge in [0.2, 0.25) is 5.91 Å². The predicted octanol–water partition coefficient (Wildman–Crippen LogP) is 2.98. The van der Waals surface area contributed by atoms with Crippen molar-refractivity contribution in [1.82, 2.24) is 0 Å².